The molecule has 6 aromatic rings. The molecule has 1 aliphatic carbocycles. The van der Waals surface area contributed by atoms with Gasteiger partial charge in [-0.3, -0.25) is 19.3 Å². The number of esters is 1. The summed E-state index contributed by atoms with van der Waals surface area (Å²) in [7, 11) is 0. The van der Waals surface area contributed by atoms with Gasteiger partial charge in [0.25, 0.3) is 0 Å². The van der Waals surface area contributed by atoms with Crippen LogP contribution in [0.1, 0.15) is 103 Å². The van der Waals surface area contributed by atoms with Gasteiger partial charge in [-0.25, -0.2) is 19.7 Å². The molecule has 4 amide bonds. The lowest BCUT2D eigenvalue weighted by Crippen LogP contribution is -2.59. The zero-order valence-electron chi connectivity index (χ0n) is 40.6. The Kier molecular flexibility index (Phi) is 12.8. The molecule has 7 atom stereocenters. The summed E-state index contributed by atoms with van der Waals surface area (Å²) in [5.41, 5.74) is 0.596. The van der Waals surface area contributed by atoms with Gasteiger partial charge >= 0.3 is 12.0 Å². The molecule has 14 heteroatoms. The average Bonchev–Trinajstić information content (AvgIpc) is 3.80. The third kappa shape index (κ3) is 8.56. The summed E-state index contributed by atoms with van der Waals surface area (Å²) < 4.78 is 6.68. The van der Waals surface area contributed by atoms with Crippen LogP contribution in [0.25, 0.3) is 0 Å². The van der Waals surface area contributed by atoms with Crippen LogP contribution in [0.2, 0.25) is 0 Å². The number of nitrogens with one attached hydrogen (secondary N) is 1. The lowest BCUT2D eigenvalue weighted by molar-refractivity contribution is -0.179. The molecule has 0 bridgehead atoms. The predicted octanol–water partition coefficient (Wildman–Crippen LogP) is 8.10. The molecule has 5 aromatic carbocycles. The van der Waals surface area contributed by atoms with Crippen molar-refractivity contribution in [2.75, 3.05) is 36.0 Å². The Hall–Kier alpha value is -7.86. The number of aliphatic hydroxyl groups is 1. The molecule has 11 rings (SSSR count). The Bertz CT molecular complexity index is 3060. The number of fused-ring (bicyclic) bond motifs is 3. The first-order valence-electron chi connectivity index (χ1n) is 25.3. The molecule has 3 saturated heterocycles. The third-order valence-corrected chi connectivity index (χ3v) is 15.6. The van der Waals surface area contributed by atoms with Crippen LogP contribution in [0.4, 0.5) is 16.4 Å². The molecule has 4 aliphatic heterocycles. The summed E-state index contributed by atoms with van der Waals surface area (Å²) in [5.74, 6) is 3.63. The van der Waals surface area contributed by atoms with Gasteiger partial charge in [-0.1, -0.05) is 128 Å². The molecule has 3 N–H and O–H groups in total. The van der Waals surface area contributed by atoms with Crippen molar-refractivity contribution in [1.29, 1.82) is 0 Å². The van der Waals surface area contributed by atoms with Gasteiger partial charge in [0.05, 0.1) is 29.7 Å². The van der Waals surface area contributed by atoms with Crippen molar-refractivity contribution in [3.05, 3.63) is 185 Å². The number of aromatic hydroxyl groups is 1. The van der Waals surface area contributed by atoms with E-state index in [9.17, 15) is 10.2 Å². The fourth-order valence-electron chi connectivity index (χ4n) is 12.1. The lowest BCUT2D eigenvalue weighted by atomic mass is 9.64. The summed E-state index contributed by atoms with van der Waals surface area (Å²) in [6.07, 6.45) is 7.15. The van der Waals surface area contributed by atoms with Crippen LogP contribution in [0.15, 0.2) is 152 Å². The maximum atomic E-state index is 16.8. The SMILES string of the molecule is C[C@@H](NC(=O)N1C(=O)[C@@]2(c3cc(C#CC4(O)CCCCCC4)ccc31)[C@H](c1ccc(O)cc1)N1[C@H](c3ccccc3)[C@H](c3ccccc3)OC(=O)[C@H]1[C@@H]2C(=O)N1CCN(c2ncccn2)CC1)c1ccccc1. The van der Waals surface area contributed by atoms with Gasteiger partial charge in [0, 0.05) is 44.1 Å². The van der Waals surface area contributed by atoms with E-state index in [1.807, 2.05) is 108 Å². The van der Waals surface area contributed by atoms with Gasteiger partial charge in [0.1, 0.15) is 28.9 Å². The number of phenols is 1. The van der Waals surface area contributed by atoms with Gasteiger partial charge in [0.2, 0.25) is 17.8 Å². The largest absolute Gasteiger partial charge is 0.508 e. The highest BCUT2D eigenvalue weighted by Crippen LogP contribution is 2.66. The number of phenolic OH excluding ortho intramolecular Hbond substituents is 1. The van der Waals surface area contributed by atoms with Crippen molar-refractivity contribution in [1.82, 2.24) is 25.1 Å². The quantitative estimate of drug-likeness (QED) is 0.0803. The number of carbonyl (C=O) groups is 4. The first-order valence-corrected chi connectivity index (χ1v) is 25.3. The molecule has 1 saturated carbocycles. The van der Waals surface area contributed by atoms with Gasteiger partial charge in [-0.2, -0.15) is 0 Å². The average molecular weight is 976 g/mol. The van der Waals surface area contributed by atoms with E-state index >= 15 is 19.2 Å². The number of hydrogen-bond acceptors (Lipinski definition) is 11. The molecule has 370 valence electrons. The number of nitrogens with zero attached hydrogens (tertiary/aromatic N) is 6. The highest BCUT2D eigenvalue weighted by molar-refractivity contribution is 6.24. The van der Waals surface area contributed by atoms with Crippen LogP contribution in [-0.4, -0.2) is 91.6 Å². The predicted molar refractivity (Wildman–Crippen MR) is 274 cm³/mol. The second-order valence-corrected chi connectivity index (χ2v) is 19.9. The molecule has 1 aromatic heterocycles. The van der Waals surface area contributed by atoms with Crippen molar-refractivity contribution in [3.8, 4) is 17.6 Å². The Morgan fingerprint density at radius 3 is 2.03 bits per heavy atom. The van der Waals surface area contributed by atoms with Gasteiger partial charge in [-0.05, 0) is 96.8 Å². The van der Waals surface area contributed by atoms with Crippen molar-refractivity contribution >= 4 is 35.5 Å². The minimum atomic E-state index is -2.02. The third-order valence-electron chi connectivity index (χ3n) is 15.6. The number of ether oxygens (including phenoxy) is 1. The molecule has 0 unspecified atom stereocenters. The molecule has 14 nitrogen and oxygen atoms in total. The standard InChI is InChI=1S/C59H57N7O7/c1-39(41-16-7-4-8-17-41)62-57(71)65-47-27-22-40(28-31-58(72)29-13-2-3-14-30-58)38-46(47)59(55(65)70)48(53(68)63-34-36-64(37-35-63)56-60-32-15-33-61-56)50-54(69)73-51(43-20-11-6-12-21-43)49(42-18-9-5-10-19-42)66(50)52(59)44-23-25-45(67)26-24-44/h4-12,15-27,32-33,38-39,48-52,67,72H,2-3,13-14,29-30,34-37H2,1H3,(H,62,71)/t39-,48-,49-,50-,51+,52+,59-/m1/s1. The summed E-state index contributed by atoms with van der Waals surface area (Å²) in [6.45, 7) is 3.02. The number of imide groups is 1. The molecule has 4 fully saturated rings. The van der Waals surface area contributed by atoms with E-state index in [4.69, 9.17) is 4.74 Å². The molecule has 5 heterocycles. The van der Waals surface area contributed by atoms with Crippen LogP contribution in [0.5, 0.6) is 5.75 Å². The number of benzene rings is 5. The van der Waals surface area contributed by atoms with E-state index in [0.29, 0.717) is 54.1 Å². The van der Waals surface area contributed by atoms with Crippen LogP contribution in [0, 0.1) is 17.8 Å². The second-order valence-electron chi connectivity index (χ2n) is 19.9. The number of amides is 4. The zero-order chi connectivity index (χ0) is 50.3. The smallest absolute Gasteiger partial charge is 0.329 e. The van der Waals surface area contributed by atoms with E-state index in [0.717, 1.165) is 41.7 Å². The number of cyclic esters (lactones) is 1. The van der Waals surface area contributed by atoms with Crippen LogP contribution < -0.4 is 15.1 Å². The summed E-state index contributed by atoms with van der Waals surface area (Å²) in [4.78, 5) is 79.9. The fraction of sp³-hybridized carbons (Fsp3) is 0.322. The van der Waals surface area contributed by atoms with E-state index in [1.165, 1.54) is 12.1 Å². The molecule has 1 spiro atoms. The molecule has 0 radical (unpaired) electrons. The number of urea groups is 1. The lowest BCUT2D eigenvalue weighted by Gasteiger charge is -2.46. The van der Waals surface area contributed by atoms with E-state index in [-0.39, 0.29) is 24.5 Å². The highest BCUT2D eigenvalue weighted by atomic mass is 16.6. The number of aromatic nitrogens is 2. The van der Waals surface area contributed by atoms with Crippen molar-refractivity contribution in [2.45, 2.75) is 86.7 Å². The Balaban J connectivity index is 1.16. The molecular weight excluding hydrogens is 919 g/mol. The second kappa shape index (κ2) is 19.6. The number of piperazine rings is 1. The first-order chi connectivity index (χ1) is 35.6. The molecule has 73 heavy (non-hydrogen) atoms. The molecular formula is C59H57N7O7. The van der Waals surface area contributed by atoms with Crippen molar-refractivity contribution in [2.24, 2.45) is 5.92 Å². The minimum Gasteiger partial charge on any atom is -0.508 e. The maximum absolute atomic E-state index is 16.8. The van der Waals surface area contributed by atoms with Gasteiger partial charge in [-0.15, -0.1) is 0 Å². The van der Waals surface area contributed by atoms with Crippen molar-refractivity contribution in [3.63, 3.8) is 0 Å². The van der Waals surface area contributed by atoms with Crippen LogP contribution >= 0.6 is 0 Å². The first kappa shape index (κ1) is 47.5. The Labute approximate surface area is 424 Å². The van der Waals surface area contributed by atoms with Crippen molar-refractivity contribution < 1.29 is 34.1 Å². The van der Waals surface area contributed by atoms with E-state index in [1.54, 1.807) is 53.7 Å². The van der Waals surface area contributed by atoms with Gasteiger partial charge in [0.15, 0.2) is 0 Å². The minimum absolute atomic E-state index is 0.0249. The highest BCUT2D eigenvalue weighted by Gasteiger charge is 2.76. The normalized spacial score (nSPS) is 24.9. The van der Waals surface area contributed by atoms with Gasteiger partial charge < -0.3 is 30.1 Å². The Morgan fingerprint density at radius 2 is 1.37 bits per heavy atom. The Morgan fingerprint density at radius 1 is 0.740 bits per heavy atom. The number of anilines is 2. The van der Waals surface area contributed by atoms with E-state index < -0.39 is 71.0 Å². The monoisotopic (exact) mass is 975 g/mol. The number of hydrogen-bond donors (Lipinski definition) is 3. The summed E-state index contributed by atoms with van der Waals surface area (Å²) in [6, 6.07) is 37.4. The zero-order valence-corrected chi connectivity index (χ0v) is 40.6. The maximum Gasteiger partial charge on any atom is 0.329 e. The number of rotatable bonds is 7. The number of carbonyl (C=O) groups excluding carboxylic acids is 4. The van der Waals surface area contributed by atoms with E-state index in [2.05, 4.69) is 27.1 Å². The topological polar surface area (TPSA) is 169 Å². The number of morpholine rings is 1. The van der Waals surface area contributed by atoms with Crippen LogP contribution in [-0.2, 0) is 24.5 Å². The summed E-state index contributed by atoms with van der Waals surface area (Å²) >= 11 is 0. The van der Waals surface area contributed by atoms with Crippen LogP contribution in [0.3, 0.4) is 0 Å². The molecule has 5 aliphatic rings. The fourth-order valence-corrected chi connectivity index (χ4v) is 12.1. The summed E-state index contributed by atoms with van der Waals surface area (Å²) in [5, 5.41) is 25.8.